The molecule has 0 fully saturated rings. The molecule has 10 heteroatoms. The third kappa shape index (κ3) is 5.55. The number of methoxy groups -OCH3 is 1. The summed E-state index contributed by atoms with van der Waals surface area (Å²) in [6.45, 7) is 3.48. The maximum Gasteiger partial charge on any atom is 0.392 e. The Morgan fingerprint density at radius 1 is 1.15 bits per heavy atom. The standard InChI is InChI=1S/C30H30F3N3O4/c1-5-9-20-14-24(27(37)35(3)29(2,18-34)17-30(31,32)33)36-13-12-19-15-25(39-4)23(16-22(19)26(20)36)28(38)40-21-10-7-6-8-11-21/h6-8,10-11,14-16H,5,9,12-13,17H2,1-4H3/t29-/m0/s1. The van der Waals surface area contributed by atoms with Gasteiger partial charge < -0.3 is 18.9 Å². The van der Waals surface area contributed by atoms with E-state index in [1.807, 2.05) is 6.92 Å². The van der Waals surface area contributed by atoms with Crippen molar-refractivity contribution in [1.82, 2.24) is 9.47 Å². The highest BCUT2D eigenvalue weighted by Gasteiger charge is 2.45. The highest BCUT2D eigenvalue weighted by Crippen LogP contribution is 2.40. The summed E-state index contributed by atoms with van der Waals surface area (Å²) >= 11 is 0. The van der Waals surface area contributed by atoms with Crippen LogP contribution in [0.2, 0.25) is 0 Å². The van der Waals surface area contributed by atoms with Crippen molar-refractivity contribution in [3.8, 4) is 28.8 Å². The molecule has 0 bridgehead atoms. The Morgan fingerprint density at radius 2 is 1.85 bits per heavy atom. The third-order valence-corrected chi connectivity index (χ3v) is 7.20. The van der Waals surface area contributed by atoms with Crippen LogP contribution in [0, 0.1) is 11.3 Å². The number of nitriles is 1. The largest absolute Gasteiger partial charge is 0.496 e. The molecule has 2 aromatic carbocycles. The smallest absolute Gasteiger partial charge is 0.392 e. The van der Waals surface area contributed by atoms with E-state index < -0.39 is 30.0 Å². The van der Waals surface area contributed by atoms with Crippen molar-refractivity contribution < 1.29 is 32.2 Å². The number of carbonyl (C=O) groups excluding carboxylic acids is 2. The van der Waals surface area contributed by atoms with Gasteiger partial charge in [0.05, 0.1) is 25.3 Å². The lowest BCUT2D eigenvalue weighted by atomic mass is 9.92. The average molecular weight is 554 g/mol. The molecule has 210 valence electrons. The van der Waals surface area contributed by atoms with Crippen LogP contribution in [0.5, 0.6) is 11.5 Å². The van der Waals surface area contributed by atoms with Gasteiger partial charge in [-0.15, -0.1) is 0 Å². The molecule has 0 unspecified atom stereocenters. The van der Waals surface area contributed by atoms with Gasteiger partial charge in [0.2, 0.25) is 0 Å². The number of carbonyl (C=O) groups is 2. The van der Waals surface area contributed by atoms with E-state index in [2.05, 4.69) is 0 Å². The van der Waals surface area contributed by atoms with Crippen molar-refractivity contribution in [3.05, 3.63) is 70.9 Å². The number of aryl methyl sites for hydroxylation is 2. The molecule has 7 nitrogen and oxygen atoms in total. The monoisotopic (exact) mass is 553 g/mol. The van der Waals surface area contributed by atoms with Crippen LogP contribution in [-0.4, -0.2) is 47.2 Å². The van der Waals surface area contributed by atoms with Gasteiger partial charge in [0.1, 0.15) is 28.3 Å². The summed E-state index contributed by atoms with van der Waals surface area (Å²) in [5.74, 6) is -0.570. The van der Waals surface area contributed by atoms with Gasteiger partial charge in [-0.3, -0.25) is 4.79 Å². The number of fused-ring (bicyclic) bond motifs is 3. The van der Waals surface area contributed by atoms with Crippen LogP contribution >= 0.6 is 0 Å². The Hall–Kier alpha value is -4.26. The maximum absolute atomic E-state index is 13.6. The lowest BCUT2D eigenvalue weighted by Gasteiger charge is -2.34. The number of para-hydroxylation sites is 1. The van der Waals surface area contributed by atoms with Gasteiger partial charge >= 0.3 is 12.1 Å². The fraction of sp³-hybridized carbons (Fsp3) is 0.367. The second-order valence-electron chi connectivity index (χ2n) is 10.0. The highest BCUT2D eigenvalue weighted by molar-refractivity contribution is 5.98. The Balaban J connectivity index is 1.80. The van der Waals surface area contributed by atoms with Crippen LogP contribution < -0.4 is 9.47 Å². The van der Waals surface area contributed by atoms with Crippen molar-refractivity contribution in [2.45, 2.75) is 57.8 Å². The van der Waals surface area contributed by atoms with Crippen molar-refractivity contribution in [1.29, 1.82) is 5.26 Å². The molecule has 3 aromatic rings. The molecule has 40 heavy (non-hydrogen) atoms. The van der Waals surface area contributed by atoms with Crippen LogP contribution in [-0.2, 0) is 19.4 Å². The first-order valence-corrected chi connectivity index (χ1v) is 12.9. The summed E-state index contributed by atoms with van der Waals surface area (Å²) < 4.78 is 52.6. The minimum atomic E-state index is -4.63. The maximum atomic E-state index is 13.6. The Kier molecular flexibility index (Phi) is 7.96. The van der Waals surface area contributed by atoms with Crippen molar-refractivity contribution in [2.24, 2.45) is 0 Å². The summed E-state index contributed by atoms with van der Waals surface area (Å²) in [4.78, 5) is 27.6. The number of hydrogen-bond acceptors (Lipinski definition) is 5. The first kappa shape index (κ1) is 28.7. The van der Waals surface area contributed by atoms with Gasteiger partial charge in [0.25, 0.3) is 5.91 Å². The van der Waals surface area contributed by atoms with Gasteiger partial charge in [0, 0.05) is 19.2 Å². The fourth-order valence-electron chi connectivity index (χ4n) is 5.07. The van der Waals surface area contributed by atoms with E-state index in [0.717, 1.165) is 34.9 Å². The van der Waals surface area contributed by atoms with E-state index in [1.165, 1.54) is 14.2 Å². The second kappa shape index (κ2) is 11.1. The van der Waals surface area contributed by atoms with E-state index in [-0.39, 0.29) is 11.3 Å². The van der Waals surface area contributed by atoms with Crippen LogP contribution in [0.4, 0.5) is 13.2 Å². The number of halogens is 3. The minimum absolute atomic E-state index is 0.194. The van der Waals surface area contributed by atoms with Gasteiger partial charge in [-0.2, -0.15) is 18.4 Å². The number of rotatable bonds is 8. The molecule has 1 aliphatic rings. The van der Waals surface area contributed by atoms with Crippen molar-refractivity contribution in [3.63, 3.8) is 0 Å². The van der Waals surface area contributed by atoms with E-state index in [4.69, 9.17) is 9.47 Å². The lowest BCUT2D eigenvalue weighted by Crippen LogP contribution is -2.49. The molecule has 0 N–H and O–H groups in total. The zero-order valence-electron chi connectivity index (χ0n) is 22.8. The summed E-state index contributed by atoms with van der Waals surface area (Å²) in [5, 5.41) is 9.60. The molecule has 0 radical (unpaired) electrons. The number of ether oxygens (including phenoxy) is 2. The average Bonchev–Trinajstić information content (AvgIpc) is 3.29. The first-order valence-electron chi connectivity index (χ1n) is 12.9. The SMILES string of the molecule is CCCc1cc(C(=O)N(C)[C@](C)(C#N)CC(F)(F)F)n2c1-c1cc(C(=O)Oc3ccccc3)c(OC)cc1CC2. The Labute approximate surface area is 230 Å². The molecule has 4 rings (SSSR count). The van der Waals surface area contributed by atoms with Gasteiger partial charge in [0.15, 0.2) is 0 Å². The zero-order valence-corrected chi connectivity index (χ0v) is 22.8. The molecule has 0 aliphatic carbocycles. The van der Waals surface area contributed by atoms with E-state index in [9.17, 15) is 28.0 Å². The minimum Gasteiger partial charge on any atom is -0.496 e. The topological polar surface area (TPSA) is 84.6 Å². The van der Waals surface area contributed by atoms with Gasteiger partial charge in [-0.05, 0) is 61.2 Å². The number of benzene rings is 2. The predicted molar refractivity (Wildman–Crippen MR) is 142 cm³/mol. The lowest BCUT2D eigenvalue weighted by molar-refractivity contribution is -0.150. The molecule has 1 amide bonds. The van der Waals surface area contributed by atoms with E-state index >= 15 is 0 Å². The van der Waals surface area contributed by atoms with Crippen molar-refractivity contribution in [2.75, 3.05) is 14.2 Å². The first-order chi connectivity index (χ1) is 18.9. The van der Waals surface area contributed by atoms with Crippen LogP contribution in [0.1, 0.15) is 58.7 Å². The second-order valence-corrected chi connectivity index (χ2v) is 10.0. The molecule has 0 spiro atoms. The predicted octanol–water partition coefficient (Wildman–Crippen LogP) is 6.20. The molecule has 1 aromatic heterocycles. The number of nitrogens with zero attached hydrogens (tertiary/aromatic N) is 3. The van der Waals surface area contributed by atoms with Crippen LogP contribution in [0.25, 0.3) is 11.3 Å². The van der Waals surface area contributed by atoms with Crippen LogP contribution in [0.3, 0.4) is 0 Å². The summed E-state index contributed by atoms with van der Waals surface area (Å²) in [5.41, 5.74) is 1.47. The van der Waals surface area contributed by atoms with Gasteiger partial charge in [-0.25, -0.2) is 4.79 Å². The summed E-state index contributed by atoms with van der Waals surface area (Å²) in [6, 6.07) is 15.5. The molecular weight excluding hydrogens is 523 g/mol. The molecule has 1 atom stereocenters. The quantitative estimate of drug-likeness (QED) is 0.245. The number of aromatic nitrogens is 1. The zero-order chi connectivity index (χ0) is 29.2. The molecular formula is C30H30F3N3O4. The number of hydrogen-bond donors (Lipinski definition) is 0. The van der Waals surface area contributed by atoms with Crippen molar-refractivity contribution >= 4 is 11.9 Å². The molecule has 2 heterocycles. The fourth-order valence-corrected chi connectivity index (χ4v) is 5.07. The number of alkyl halides is 3. The normalized spacial score (nSPS) is 13.8. The van der Waals surface area contributed by atoms with E-state index in [0.29, 0.717) is 36.6 Å². The summed E-state index contributed by atoms with van der Waals surface area (Å²) in [6.07, 6.45) is -4.25. The molecule has 1 aliphatic heterocycles. The number of amides is 1. The highest BCUT2D eigenvalue weighted by atomic mass is 19.4. The molecule has 0 saturated heterocycles. The van der Waals surface area contributed by atoms with Gasteiger partial charge in [-0.1, -0.05) is 31.5 Å². The third-order valence-electron chi connectivity index (χ3n) is 7.20. The Bertz CT molecular complexity index is 1470. The summed E-state index contributed by atoms with van der Waals surface area (Å²) in [7, 11) is 2.69. The number of esters is 1. The Morgan fingerprint density at radius 3 is 2.45 bits per heavy atom. The van der Waals surface area contributed by atoms with Crippen LogP contribution in [0.15, 0.2) is 48.5 Å². The molecule has 0 saturated carbocycles. The van der Waals surface area contributed by atoms with E-state index in [1.54, 1.807) is 59.2 Å².